The van der Waals surface area contributed by atoms with Crippen LogP contribution < -0.4 is 5.32 Å². The van der Waals surface area contributed by atoms with Crippen LogP contribution in [0.5, 0.6) is 0 Å². The Balaban J connectivity index is 2.79. The third kappa shape index (κ3) is 1.55. The Bertz CT molecular complexity index is 251. The Morgan fingerprint density at radius 2 is 2.45 bits per heavy atom. The fraction of sp³-hybridized carbons (Fsp3) is 0.250. The van der Waals surface area contributed by atoms with E-state index < -0.39 is 0 Å². The Morgan fingerprint density at radius 3 is 2.91 bits per heavy atom. The zero-order chi connectivity index (χ0) is 8.27. The smallest absolute Gasteiger partial charge is 0.249 e. The van der Waals surface area contributed by atoms with Crippen LogP contribution in [-0.2, 0) is 4.79 Å². The number of hydrogen-bond donors (Lipinski definition) is 1. The summed E-state index contributed by atoms with van der Waals surface area (Å²) in [7, 11) is 0. The predicted molar refractivity (Wildman–Crippen MR) is 44.4 cm³/mol. The Kier molecular flexibility index (Phi) is 2.21. The van der Waals surface area contributed by atoms with Crippen molar-refractivity contribution in [3.05, 3.63) is 23.9 Å². The summed E-state index contributed by atoms with van der Waals surface area (Å²) in [6.07, 6.45) is 3.17. The Labute approximate surface area is 65.5 Å². The molecule has 0 aliphatic carbocycles. The molecular weight excluding hydrogens is 140 g/mol. The molecule has 1 amide bonds. The van der Waals surface area contributed by atoms with Gasteiger partial charge in [0.15, 0.2) is 0 Å². The highest BCUT2D eigenvalue weighted by Gasteiger charge is 2.16. The second kappa shape index (κ2) is 3.14. The predicted octanol–water partition coefficient (Wildman–Crippen LogP) is 0.647. The van der Waals surface area contributed by atoms with E-state index in [0.29, 0.717) is 12.1 Å². The van der Waals surface area contributed by atoms with Crippen molar-refractivity contribution < 1.29 is 4.79 Å². The van der Waals surface area contributed by atoms with Gasteiger partial charge in [0, 0.05) is 11.8 Å². The average Bonchev–Trinajstić information content (AvgIpc) is 2.31. The molecule has 0 aromatic heterocycles. The molecule has 0 aromatic carbocycles. The monoisotopic (exact) mass is 150 g/mol. The number of rotatable bonds is 2. The molecule has 0 aromatic rings. The number of carbonyl (C=O) groups excluding carboxylic acids is 1. The molecule has 3 nitrogen and oxygen atoms in total. The third-order valence-corrected chi connectivity index (χ3v) is 1.53. The van der Waals surface area contributed by atoms with Crippen LogP contribution in [0.15, 0.2) is 28.9 Å². The maximum Gasteiger partial charge on any atom is 0.249 e. The van der Waals surface area contributed by atoms with Crippen molar-refractivity contribution in [3.8, 4) is 0 Å². The number of nitrogens with one attached hydrogen (secondary N) is 1. The molecule has 0 spiro atoms. The molecule has 58 valence electrons. The van der Waals surface area contributed by atoms with E-state index in [1.165, 1.54) is 0 Å². The van der Waals surface area contributed by atoms with Crippen LogP contribution in [0.2, 0.25) is 0 Å². The maximum absolute atomic E-state index is 10.9. The van der Waals surface area contributed by atoms with Crippen LogP contribution in [0.1, 0.15) is 6.92 Å². The van der Waals surface area contributed by atoms with Crippen LogP contribution in [0.3, 0.4) is 0 Å². The van der Waals surface area contributed by atoms with Crippen LogP contribution >= 0.6 is 0 Å². The van der Waals surface area contributed by atoms with E-state index in [-0.39, 0.29) is 5.91 Å². The molecule has 1 N–H and O–H groups in total. The first-order valence-corrected chi connectivity index (χ1v) is 3.38. The van der Waals surface area contributed by atoms with E-state index in [9.17, 15) is 4.79 Å². The molecule has 1 aliphatic heterocycles. The molecule has 1 heterocycles. The number of nitrogens with zero attached hydrogens (tertiary/aromatic N) is 1. The van der Waals surface area contributed by atoms with Crippen molar-refractivity contribution in [1.29, 1.82) is 0 Å². The standard InChI is InChI=1S/C8H10N2O/c1-3-4-9-7-5-10-8(11)6(7)2/h3-4H,1,5H2,2H3,(H,10,11). The summed E-state index contributed by atoms with van der Waals surface area (Å²) >= 11 is 0. The van der Waals surface area contributed by atoms with Gasteiger partial charge >= 0.3 is 0 Å². The highest BCUT2D eigenvalue weighted by molar-refractivity contribution is 5.96. The van der Waals surface area contributed by atoms with Crippen molar-refractivity contribution in [2.24, 2.45) is 4.99 Å². The summed E-state index contributed by atoms with van der Waals surface area (Å²) in [5.74, 6) is -0.0267. The summed E-state index contributed by atoms with van der Waals surface area (Å²) in [4.78, 5) is 14.9. The summed E-state index contributed by atoms with van der Waals surface area (Å²) in [6.45, 7) is 5.79. The lowest BCUT2D eigenvalue weighted by molar-refractivity contribution is -0.116. The van der Waals surface area contributed by atoms with E-state index in [2.05, 4.69) is 16.9 Å². The fourth-order valence-corrected chi connectivity index (χ4v) is 0.845. The van der Waals surface area contributed by atoms with Gasteiger partial charge in [-0.1, -0.05) is 12.7 Å². The van der Waals surface area contributed by atoms with E-state index >= 15 is 0 Å². The van der Waals surface area contributed by atoms with Crippen molar-refractivity contribution >= 4 is 12.1 Å². The number of carbonyl (C=O) groups is 1. The lowest BCUT2D eigenvalue weighted by Gasteiger charge is -1.88. The molecule has 0 bridgehead atoms. The van der Waals surface area contributed by atoms with Crippen LogP contribution in [-0.4, -0.2) is 18.7 Å². The molecule has 11 heavy (non-hydrogen) atoms. The highest BCUT2D eigenvalue weighted by Crippen LogP contribution is 2.10. The number of amides is 1. The summed E-state index contributed by atoms with van der Waals surface area (Å²) < 4.78 is 0. The minimum Gasteiger partial charge on any atom is -0.347 e. The second-order valence-electron chi connectivity index (χ2n) is 2.27. The molecule has 1 aliphatic rings. The highest BCUT2D eigenvalue weighted by atomic mass is 16.1. The minimum absolute atomic E-state index is 0.0267. The first-order chi connectivity index (χ1) is 5.25. The topological polar surface area (TPSA) is 41.5 Å². The van der Waals surface area contributed by atoms with Crippen LogP contribution in [0, 0.1) is 0 Å². The molecule has 3 heteroatoms. The lowest BCUT2D eigenvalue weighted by atomic mass is 10.3. The van der Waals surface area contributed by atoms with Gasteiger partial charge in [-0.05, 0) is 6.92 Å². The summed E-state index contributed by atoms with van der Waals surface area (Å²) in [6, 6.07) is 0. The third-order valence-electron chi connectivity index (χ3n) is 1.53. The average molecular weight is 150 g/mol. The van der Waals surface area contributed by atoms with Crippen molar-refractivity contribution in [2.45, 2.75) is 6.92 Å². The summed E-state index contributed by atoms with van der Waals surface area (Å²) in [5.41, 5.74) is 1.50. The number of hydrogen-bond acceptors (Lipinski definition) is 2. The van der Waals surface area contributed by atoms with Crippen LogP contribution in [0.25, 0.3) is 0 Å². The van der Waals surface area contributed by atoms with Crippen molar-refractivity contribution in [2.75, 3.05) is 6.54 Å². The normalized spacial score (nSPS) is 17.7. The molecule has 0 saturated heterocycles. The SMILES string of the molecule is C=CC=NC1=C(C)C(=O)NC1. The molecule has 0 atom stereocenters. The van der Waals surface area contributed by atoms with Gasteiger partial charge in [-0.2, -0.15) is 0 Å². The fourth-order valence-electron chi connectivity index (χ4n) is 0.845. The minimum atomic E-state index is -0.0267. The van der Waals surface area contributed by atoms with Gasteiger partial charge in [0.05, 0.1) is 12.2 Å². The van der Waals surface area contributed by atoms with Crippen molar-refractivity contribution in [1.82, 2.24) is 5.32 Å². The molecule has 0 unspecified atom stereocenters. The second-order valence-corrected chi connectivity index (χ2v) is 2.27. The lowest BCUT2D eigenvalue weighted by Crippen LogP contribution is -2.16. The Hall–Kier alpha value is -1.38. The maximum atomic E-state index is 10.9. The van der Waals surface area contributed by atoms with Gasteiger partial charge in [-0.3, -0.25) is 9.79 Å². The Morgan fingerprint density at radius 1 is 1.73 bits per heavy atom. The first kappa shape index (κ1) is 7.72. The molecular formula is C8H10N2O. The summed E-state index contributed by atoms with van der Waals surface area (Å²) in [5, 5.41) is 2.67. The number of aliphatic imine (C=N–C) groups is 1. The van der Waals surface area contributed by atoms with E-state index in [1.54, 1.807) is 19.2 Å². The van der Waals surface area contributed by atoms with Gasteiger partial charge < -0.3 is 5.32 Å². The van der Waals surface area contributed by atoms with Gasteiger partial charge in [-0.15, -0.1) is 0 Å². The zero-order valence-electron chi connectivity index (χ0n) is 6.42. The van der Waals surface area contributed by atoms with Gasteiger partial charge in [0.25, 0.3) is 0 Å². The molecule has 0 saturated carbocycles. The first-order valence-electron chi connectivity index (χ1n) is 3.38. The van der Waals surface area contributed by atoms with Crippen LogP contribution in [0.4, 0.5) is 0 Å². The van der Waals surface area contributed by atoms with E-state index in [4.69, 9.17) is 0 Å². The molecule has 1 rings (SSSR count). The molecule has 0 radical (unpaired) electrons. The zero-order valence-corrected chi connectivity index (χ0v) is 6.42. The van der Waals surface area contributed by atoms with Crippen molar-refractivity contribution in [3.63, 3.8) is 0 Å². The van der Waals surface area contributed by atoms with Gasteiger partial charge in [0.1, 0.15) is 0 Å². The quantitative estimate of drug-likeness (QED) is 0.577. The largest absolute Gasteiger partial charge is 0.347 e. The van der Waals surface area contributed by atoms with Gasteiger partial charge in [0.2, 0.25) is 5.91 Å². The van der Waals surface area contributed by atoms with Gasteiger partial charge in [-0.25, -0.2) is 0 Å². The number of allylic oxidation sites excluding steroid dienone is 1. The molecule has 0 fully saturated rings. The van der Waals surface area contributed by atoms with E-state index in [0.717, 1.165) is 5.70 Å². The van der Waals surface area contributed by atoms with E-state index in [1.807, 2.05) is 0 Å².